The Balaban J connectivity index is 5.64. The highest BCUT2D eigenvalue weighted by molar-refractivity contribution is 5.94. The summed E-state index contributed by atoms with van der Waals surface area (Å²) in [4.78, 5) is 48.0. The third kappa shape index (κ3) is 7.94. The molecule has 2 amide bonds. The average molecular weight is 345 g/mol. The second-order valence-electron chi connectivity index (χ2n) is 7.11. The van der Waals surface area contributed by atoms with Crippen LogP contribution in [0.25, 0.3) is 0 Å². The molecule has 0 aromatic heterocycles. The second-order valence-corrected chi connectivity index (χ2v) is 7.11. The first-order valence-corrected chi connectivity index (χ1v) is 7.59. The summed E-state index contributed by atoms with van der Waals surface area (Å²) in [5.41, 5.74) is -1.71. The molecule has 0 aromatic rings. The summed E-state index contributed by atoms with van der Waals surface area (Å²) < 4.78 is 15.0. The van der Waals surface area contributed by atoms with Crippen molar-refractivity contribution in [3.63, 3.8) is 0 Å². The number of hydrogen-bond donors (Lipinski definition) is 0. The summed E-state index contributed by atoms with van der Waals surface area (Å²) in [5, 5.41) is 0. The van der Waals surface area contributed by atoms with Crippen LogP contribution in [0.5, 0.6) is 0 Å². The van der Waals surface area contributed by atoms with Crippen LogP contribution in [0, 0.1) is 0 Å². The maximum atomic E-state index is 12.4. The fourth-order valence-corrected chi connectivity index (χ4v) is 1.69. The van der Waals surface area contributed by atoms with E-state index >= 15 is 0 Å². The molecule has 0 fully saturated rings. The monoisotopic (exact) mass is 345 g/mol. The Kier molecular flexibility index (Phi) is 7.89. The topological polar surface area (TPSA) is 99.2 Å². The lowest BCUT2D eigenvalue weighted by Crippen LogP contribution is -2.52. The molecule has 8 nitrogen and oxygen atoms in total. The minimum atomic E-state index is -1.32. The van der Waals surface area contributed by atoms with E-state index in [0.29, 0.717) is 11.2 Å². The quantitative estimate of drug-likeness (QED) is 0.429. The van der Waals surface area contributed by atoms with E-state index < -0.39 is 35.4 Å². The van der Waals surface area contributed by atoms with Crippen LogP contribution in [0.15, 0.2) is 0 Å². The van der Waals surface area contributed by atoms with E-state index in [9.17, 15) is 19.2 Å². The summed E-state index contributed by atoms with van der Waals surface area (Å²) in [5.74, 6) is -0.819. The molecule has 0 saturated heterocycles. The largest absolute Gasteiger partial charge is 0.458 e. The van der Waals surface area contributed by atoms with Gasteiger partial charge in [0.25, 0.3) is 0 Å². The molecule has 0 spiro atoms. The summed E-state index contributed by atoms with van der Waals surface area (Å²) in [6.45, 7) is 9.81. The van der Waals surface area contributed by atoms with Gasteiger partial charge in [-0.05, 0) is 48.0 Å². The highest BCUT2D eigenvalue weighted by atomic mass is 16.6. The van der Waals surface area contributed by atoms with E-state index in [0.717, 1.165) is 7.11 Å². The lowest BCUT2D eigenvalue weighted by molar-refractivity contribution is -0.160. The van der Waals surface area contributed by atoms with Crippen molar-refractivity contribution in [3.05, 3.63) is 0 Å². The predicted octanol–water partition coefficient (Wildman–Crippen LogP) is 2.68. The maximum Gasteiger partial charge on any atom is 0.420 e. The molecule has 138 valence electrons. The van der Waals surface area contributed by atoms with Gasteiger partial charge in [0.1, 0.15) is 23.5 Å². The Bertz CT molecular complexity index is 474. The van der Waals surface area contributed by atoms with E-state index in [4.69, 9.17) is 9.47 Å². The Morgan fingerprint density at radius 2 is 1.46 bits per heavy atom. The van der Waals surface area contributed by atoms with Gasteiger partial charge in [-0.25, -0.2) is 14.4 Å². The number of carbonyl (C=O) groups excluding carboxylic acids is 4. The van der Waals surface area contributed by atoms with Crippen molar-refractivity contribution < 1.29 is 33.4 Å². The van der Waals surface area contributed by atoms with Crippen LogP contribution in [0.2, 0.25) is 0 Å². The van der Waals surface area contributed by atoms with Gasteiger partial charge in [0.2, 0.25) is 0 Å². The molecule has 0 aromatic carbocycles. The first kappa shape index (κ1) is 21.9. The number of ether oxygens (including phenoxy) is 3. The smallest absolute Gasteiger partial charge is 0.420 e. The van der Waals surface area contributed by atoms with Gasteiger partial charge >= 0.3 is 18.2 Å². The van der Waals surface area contributed by atoms with Gasteiger partial charge in [0, 0.05) is 6.42 Å². The average Bonchev–Trinajstić information content (AvgIpc) is 2.38. The second kappa shape index (κ2) is 8.65. The number of hydrogen-bond acceptors (Lipinski definition) is 7. The SMILES string of the molecule is COC(=O)N(C(=O)OC(C)(C)C)[C@@H](CCC=O)C(=O)OC(C)(C)C. The van der Waals surface area contributed by atoms with Crippen molar-refractivity contribution in [1.29, 1.82) is 0 Å². The Morgan fingerprint density at radius 3 is 1.83 bits per heavy atom. The van der Waals surface area contributed by atoms with Crippen molar-refractivity contribution in [3.8, 4) is 0 Å². The van der Waals surface area contributed by atoms with Crippen molar-refractivity contribution in [2.24, 2.45) is 0 Å². The number of methoxy groups -OCH3 is 1. The van der Waals surface area contributed by atoms with E-state index in [1.165, 1.54) is 0 Å². The molecule has 0 rings (SSSR count). The summed E-state index contributed by atoms with van der Waals surface area (Å²) >= 11 is 0. The van der Waals surface area contributed by atoms with Crippen LogP contribution in [-0.4, -0.2) is 53.7 Å². The van der Waals surface area contributed by atoms with E-state index in [1.54, 1.807) is 41.5 Å². The Morgan fingerprint density at radius 1 is 0.958 bits per heavy atom. The summed E-state index contributed by atoms with van der Waals surface area (Å²) in [7, 11) is 1.07. The van der Waals surface area contributed by atoms with Crippen LogP contribution >= 0.6 is 0 Å². The molecule has 8 heteroatoms. The summed E-state index contributed by atoms with van der Waals surface area (Å²) in [6, 6.07) is -1.32. The number of rotatable bonds is 5. The molecule has 0 radical (unpaired) electrons. The van der Waals surface area contributed by atoms with Gasteiger partial charge in [-0.1, -0.05) is 0 Å². The molecule has 0 aliphatic heterocycles. The number of imide groups is 1. The van der Waals surface area contributed by atoms with Gasteiger partial charge in [0.05, 0.1) is 7.11 Å². The first-order valence-electron chi connectivity index (χ1n) is 7.59. The fraction of sp³-hybridized carbons (Fsp3) is 0.750. The molecule has 0 N–H and O–H groups in total. The number of esters is 1. The van der Waals surface area contributed by atoms with E-state index in [1.807, 2.05) is 0 Å². The highest BCUT2D eigenvalue weighted by Gasteiger charge is 2.40. The molecular weight excluding hydrogens is 318 g/mol. The molecule has 0 saturated carbocycles. The van der Waals surface area contributed by atoms with Gasteiger partial charge in [0.15, 0.2) is 0 Å². The summed E-state index contributed by atoms with van der Waals surface area (Å²) in [6.07, 6.45) is -1.66. The molecular formula is C16H27NO7. The zero-order valence-corrected chi connectivity index (χ0v) is 15.4. The number of aldehydes is 1. The van der Waals surface area contributed by atoms with Gasteiger partial charge in [-0.2, -0.15) is 4.90 Å². The molecule has 1 atom stereocenters. The van der Waals surface area contributed by atoms with Crippen molar-refractivity contribution in [2.45, 2.75) is 71.6 Å². The lowest BCUT2D eigenvalue weighted by atomic mass is 10.1. The van der Waals surface area contributed by atoms with Crippen LogP contribution in [0.4, 0.5) is 9.59 Å². The zero-order valence-electron chi connectivity index (χ0n) is 15.4. The molecule has 24 heavy (non-hydrogen) atoms. The molecule has 0 unspecified atom stereocenters. The molecule has 0 aliphatic carbocycles. The van der Waals surface area contributed by atoms with Crippen LogP contribution in [0.3, 0.4) is 0 Å². The molecule has 0 bridgehead atoms. The van der Waals surface area contributed by atoms with Crippen molar-refractivity contribution in [2.75, 3.05) is 7.11 Å². The molecule has 0 aliphatic rings. The number of amides is 2. The lowest BCUT2D eigenvalue weighted by Gasteiger charge is -2.31. The zero-order chi connectivity index (χ0) is 19.1. The highest BCUT2D eigenvalue weighted by Crippen LogP contribution is 2.19. The van der Waals surface area contributed by atoms with Crippen molar-refractivity contribution >= 4 is 24.4 Å². The van der Waals surface area contributed by atoms with Gasteiger partial charge in [-0.3, -0.25) is 0 Å². The maximum absolute atomic E-state index is 12.4. The van der Waals surface area contributed by atoms with Crippen LogP contribution in [0.1, 0.15) is 54.4 Å². The third-order valence-electron chi connectivity index (χ3n) is 2.51. The van der Waals surface area contributed by atoms with Crippen molar-refractivity contribution in [1.82, 2.24) is 4.90 Å². The molecule has 0 heterocycles. The number of carbonyl (C=O) groups is 4. The third-order valence-corrected chi connectivity index (χ3v) is 2.51. The van der Waals surface area contributed by atoms with Gasteiger partial charge < -0.3 is 19.0 Å². The number of nitrogens with zero attached hydrogens (tertiary/aromatic N) is 1. The van der Waals surface area contributed by atoms with Gasteiger partial charge in [-0.15, -0.1) is 0 Å². The van der Waals surface area contributed by atoms with Crippen LogP contribution in [-0.2, 0) is 23.8 Å². The fourth-order valence-electron chi connectivity index (χ4n) is 1.69. The standard InChI is InChI=1S/C16H27NO7/c1-15(2,3)23-12(19)11(9-8-10-18)17(13(20)22-7)14(21)24-16(4,5)6/h10-11H,8-9H2,1-7H3/t11-/m0/s1. The van der Waals surface area contributed by atoms with E-state index in [-0.39, 0.29) is 12.8 Å². The normalized spacial score (nSPS) is 12.8. The first-order chi connectivity index (χ1) is 10.8. The Labute approximate surface area is 142 Å². The minimum Gasteiger partial charge on any atom is -0.458 e. The van der Waals surface area contributed by atoms with Crippen LogP contribution < -0.4 is 0 Å². The Hall–Kier alpha value is -2.12. The predicted molar refractivity (Wildman–Crippen MR) is 85.4 cm³/mol. The minimum absolute atomic E-state index is 0.0415. The van der Waals surface area contributed by atoms with E-state index in [2.05, 4.69) is 4.74 Å².